The molecule has 1 heterocycles. The molecular formula is C13H16N2O2. The number of aldehydes is 1. The Hall–Kier alpha value is -1.68. The van der Waals surface area contributed by atoms with Crippen LogP contribution in [0.2, 0.25) is 0 Å². The molecule has 0 saturated carbocycles. The van der Waals surface area contributed by atoms with E-state index in [2.05, 4.69) is 5.10 Å². The van der Waals surface area contributed by atoms with Gasteiger partial charge in [-0.3, -0.25) is 9.48 Å². The maximum absolute atomic E-state index is 10.8. The molecule has 0 unspecified atom stereocenters. The van der Waals surface area contributed by atoms with Crippen molar-refractivity contribution in [2.75, 3.05) is 13.7 Å². The molecule has 0 bridgehead atoms. The van der Waals surface area contributed by atoms with Crippen LogP contribution < -0.4 is 0 Å². The maximum atomic E-state index is 10.8. The minimum atomic E-state index is 0.686. The summed E-state index contributed by atoms with van der Waals surface area (Å²) < 4.78 is 6.97. The summed E-state index contributed by atoms with van der Waals surface area (Å²) in [7, 11) is 1.69. The topological polar surface area (TPSA) is 44.1 Å². The number of carbonyl (C=O) groups excluding carboxylic acids is 1. The molecule has 0 radical (unpaired) electrons. The fourth-order valence-electron chi connectivity index (χ4n) is 1.96. The molecular weight excluding hydrogens is 216 g/mol. The summed E-state index contributed by atoms with van der Waals surface area (Å²) in [6.45, 7) is 3.50. The van der Waals surface area contributed by atoms with Crippen molar-refractivity contribution in [2.24, 2.45) is 0 Å². The number of hydrogen-bond donors (Lipinski definition) is 0. The molecule has 2 aromatic rings. The maximum Gasteiger partial charge on any atom is 0.150 e. The van der Waals surface area contributed by atoms with Crippen LogP contribution in [0.25, 0.3) is 10.9 Å². The second-order valence-corrected chi connectivity index (χ2v) is 4.05. The third-order valence-corrected chi connectivity index (χ3v) is 2.81. The molecule has 4 nitrogen and oxygen atoms in total. The lowest BCUT2D eigenvalue weighted by molar-refractivity contribution is 0.112. The van der Waals surface area contributed by atoms with Crippen molar-refractivity contribution in [3.8, 4) is 0 Å². The van der Waals surface area contributed by atoms with E-state index in [9.17, 15) is 4.79 Å². The Kier molecular flexibility index (Phi) is 3.54. The van der Waals surface area contributed by atoms with Crippen LogP contribution in [0.1, 0.15) is 22.5 Å². The van der Waals surface area contributed by atoms with Crippen LogP contribution in [0.3, 0.4) is 0 Å². The van der Waals surface area contributed by atoms with Gasteiger partial charge in [-0.25, -0.2) is 0 Å². The highest BCUT2D eigenvalue weighted by Gasteiger charge is 2.07. The van der Waals surface area contributed by atoms with Crippen molar-refractivity contribution in [1.82, 2.24) is 9.78 Å². The van der Waals surface area contributed by atoms with Gasteiger partial charge in [-0.15, -0.1) is 0 Å². The van der Waals surface area contributed by atoms with Crippen molar-refractivity contribution in [2.45, 2.75) is 19.9 Å². The SMILES string of the molecule is COCCCn1nc(C)c2ccc(C=O)cc21. The second kappa shape index (κ2) is 5.10. The van der Waals surface area contributed by atoms with Gasteiger partial charge in [0.15, 0.2) is 0 Å². The van der Waals surface area contributed by atoms with Crippen LogP contribution in [0.5, 0.6) is 0 Å². The van der Waals surface area contributed by atoms with Crippen LogP contribution in [-0.2, 0) is 11.3 Å². The highest BCUT2D eigenvalue weighted by atomic mass is 16.5. The molecule has 4 heteroatoms. The summed E-state index contributed by atoms with van der Waals surface area (Å²) in [5.41, 5.74) is 2.70. The molecule has 2 rings (SSSR count). The zero-order chi connectivity index (χ0) is 12.3. The normalized spacial score (nSPS) is 10.9. The predicted molar refractivity (Wildman–Crippen MR) is 66.4 cm³/mol. The summed E-state index contributed by atoms with van der Waals surface area (Å²) in [4.78, 5) is 10.8. The van der Waals surface area contributed by atoms with E-state index in [1.807, 2.05) is 29.8 Å². The molecule has 0 saturated heterocycles. The Bertz CT molecular complexity index is 531. The molecule has 0 aliphatic heterocycles. The van der Waals surface area contributed by atoms with E-state index in [4.69, 9.17) is 4.74 Å². The third-order valence-electron chi connectivity index (χ3n) is 2.81. The molecule has 17 heavy (non-hydrogen) atoms. The Balaban J connectivity index is 2.37. The Labute approximate surface area is 100 Å². The molecule has 0 fully saturated rings. The molecule has 0 aliphatic carbocycles. The first-order valence-corrected chi connectivity index (χ1v) is 5.67. The van der Waals surface area contributed by atoms with Gasteiger partial charge in [-0.1, -0.05) is 12.1 Å². The van der Waals surface area contributed by atoms with Gasteiger partial charge < -0.3 is 4.74 Å². The number of aromatic nitrogens is 2. The van der Waals surface area contributed by atoms with Gasteiger partial charge in [-0.2, -0.15) is 5.10 Å². The summed E-state index contributed by atoms with van der Waals surface area (Å²) in [5.74, 6) is 0. The van der Waals surface area contributed by atoms with Gasteiger partial charge in [0.05, 0.1) is 11.2 Å². The average molecular weight is 232 g/mol. The van der Waals surface area contributed by atoms with E-state index in [0.29, 0.717) is 12.2 Å². The minimum Gasteiger partial charge on any atom is -0.385 e. The predicted octanol–water partition coefficient (Wildman–Crippen LogP) is 2.19. The Morgan fingerprint density at radius 2 is 2.29 bits per heavy atom. The highest BCUT2D eigenvalue weighted by molar-refractivity contribution is 5.88. The van der Waals surface area contributed by atoms with E-state index in [-0.39, 0.29) is 0 Å². The van der Waals surface area contributed by atoms with E-state index in [1.54, 1.807) is 7.11 Å². The van der Waals surface area contributed by atoms with E-state index in [0.717, 1.165) is 35.8 Å². The molecule has 1 aromatic heterocycles. The zero-order valence-electron chi connectivity index (χ0n) is 10.1. The first kappa shape index (κ1) is 11.8. The Morgan fingerprint density at radius 3 is 3.00 bits per heavy atom. The summed E-state index contributed by atoms with van der Waals surface area (Å²) in [6, 6.07) is 5.66. The lowest BCUT2D eigenvalue weighted by Crippen LogP contribution is -2.03. The van der Waals surface area contributed by atoms with Gasteiger partial charge >= 0.3 is 0 Å². The standard InChI is InChI=1S/C13H16N2O2/c1-10-12-5-4-11(9-16)8-13(12)15(14-10)6-3-7-17-2/h4-5,8-9H,3,6-7H2,1-2H3. The quantitative estimate of drug-likeness (QED) is 0.586. The van der Waals surface area contributed by atoms with Crippen LogP contribution in [-0.4, -0.2) is 29.8 Å². The van der Waals surface area contributed by atoms with Crippen molar-refractivity contribution in [3.05, 3.63) is 29.5 Å². The van der Waals surface area contributed by atoms with E-state index >= 15 is 0 Å². The van der Waals surface area contributed by atoms with Crippen molar-refractivity contribution < 1.29 is 9.53 Å². The van der Waals surface area contributed by atoms with Crippen LogP contribution in [0.4, 0.5) is 0 Å². The number of rotatable bonds is 5. The van der Waals surface area contributed by atoms with Crippen LogP contribution in [0, 0.1) is 6.92 Å². The first-order chi connectivity index (χ1) is 8.26. The van der Waals surface area contributed by atoms with Gasteiger partial charge in [0.2, 0.25) is 0 Å². The largest absolute Gasteiger partial charge is 0.385 e. The fourth-order valence-corrected chi connectivity index (χ4v) is 1.96. The number of benzene rings is 1. The zero-order valence-corrected chi connectivity index (χ0v) is 10.1. The first-order valence-electron chi connectivity index (χ1n) is 5.67. The molecule has 0 aliphatic rings. The average Bonchev–Trinajstić information content (AvgIpc) is 2.66. The number of methoxy groups -OCH3 is 1. The van der Waals surface area contributed by atoms with Crippen LogP contribution >= 0.6 is 0 Å². The number of fused-ring (bicyclic) bond motifs is 1. The minimum absolute atomic E-state index is 0.686. The molecule has 1 aromatic carbocycles. The van der Waals surface area contributed by atoms with Crippen LogP contribution in [0.15, 0.2) is 18.2 Å². The highest BCUT2D eigenvalue weighted by Crippen LogP contribution is 2.19. The fraction of sp³-hybridized carbons (Fsp3) is 0.385. The van der Waals surface area contributed by atoms with Gasteiger partial charge in [-0.05, 0) is 19.4 Å². The number of aryl methyl sites for hydroxylation is 2. The lowest BCUT2D eigenvalue weighted by atomic mass is 10.1. The second-order valence-electron chi connectivity index (χ2n) is 4.05. The summed E-state index contributed by atoms with van der Waals surface area (Å²) in [6.07, 6.45) is 1.78. The van der Waals surface area contributed by atoms with Crippen molar-refractivity contribution in [1.29, 1.82) is 0 Å². The number of hydrogen-bond acceptors (Lipinski definition) is 3. The number of carbonyl (C=O) groups is 1. The third kappa shape index (κ3) is 2.36. The molecule has 0 atom stereocenters. The molecule has 0 amide bonds. The van der Waals surface area contributed by atoms with E-state index < -0.39 is 0 Å². The van der Waals surface area contributed by atoms with Gasteiger partial charge in [0.25, 0.3) is 0 Å². The summed E-state index contributed by atoms with van der Waals surface area (Å²) in [5, 5.41) is 5.59. The molecule has 0 spiro atoms. The van der Waals surface area contributed by atoms with E-state index in [1.165, 1.54) is 0 Å². The van der Waals surface area contributed by atoms with Crippen molar-refractivity contribution >= 4 is 17.2 Å². The number of ether oxygens (including phenoxy) is 1. The van der Waals surface area contributed by atoms with Crippen molar-refractivity contribution in [3.63, 3.8) is 0 Å². The lowest BCUT2D eigenvalue weighted by Gasteiger charge is -2.03. The Morgan fingerprint density at radius 1 is 1.47 bits per heavy atom. The number of nitrogens with zero attached hydrogens (tertiary/aromatic N) is 2. The molecule has 0 N–H and O–H groups in total. The monoisotopic (exact) mass is 232 g/mol. The van der Waals surface area contributed by atoms with Gasteiger partial charge in [0, 0.05) is 31.2 Å². The molecule has 90 valence electrons. The van der Waals surface area contributed by atoms with Gasteiger partial charge in [0.1, 0.15) is 6.29 Å². The smallest absolute Gasteiger partial charge is 0.150 e. The summed E-state index contributed by atoms with van der Waals surface area (Å²) >= 11 is 0.